The van der Waals surface area contributed by atoms with Gasteiger partial charge in [-0.1, -0.05) is 91.0 Å². The van der Waals surface area contributed by atoms with Crippen LogP contribution < -0.4 is 0 Å². The number of hydrogen-bond acceptors (Lipinski definition) is 0. The third-order valence-electron chi connectivity index (χ3n) is 4.73. The number of benzene rings is 5. The van der Waals surface area contributed by atoms with Gasteiger partial charge in [0.1, 0.15) is 0 Å². The molecule has 0 amide bonds. The summed E-state index contributed by atoms with van der Waals surface area (Å²) in [7, 11) is 0. The van der Waals surface area contributed by atoms with Crippen molar-refractivity contribution in [1.82, 2.24) is 0 Å². The Morgan fingerprint density at radius 1 is 0.417 bits per heavy atom. The Morgan fingerprint density at radius 2 is 0.917 bits per heavy atom. The predicted molar refractivity (Wildman–Crippen MR) is 103 cm³/mol. The molecule has 0 aliphatic rings. The minimum atomic E-state index is 1.14. The van der Waals surface area contributed by atoms with E-state index in [2.05, 4.69) is 91.0 Å². The van der Waals surface area contributed by atoms with E-state index in [9.17, 15) is 0 Å². The lowest BCUT2D eigenvalue weighted by Crippen LogP contribution is -1.85. The van der Waals surface area contributed by atoms with Crippen LogP contribution in [0.3, 0.4) is 0 Å². The van der Waals surface area contributed by atoms with Crippen molar-refractivity contribution in [2.45, 2.75) is 0 Å². The predicted octanol–water partition coefficient (Wildman–Crippen LogP) is 6.61. The molecule has 0 heteroatoms. The van der Waals surface area contributed by atoms with Crippen molar-refractivity contribution in [2.24, 2.45) is 0 Å². The average molecular weight is 303 g/mol. The van der Waals surface area contributed by atoms with E-state index in [-0.39, 0.29) is 0 Å². The van der Waals surface area contributed by atoms with Gasteiger partial charge in [0, 0.05) is 0 Å². The van der Waals surface area contributed by atoms with Crippen LogP contribution in [0.5, 0.6) is 0 Å². The van der Waals surface area contributed by atoms with Crippen LogP contribution in [0.25, 0.3) is 43.4 Å². The van der Waals surface area contributed by atoms with Gasteiger partial charge in [0.2, 0.25) is 0 Å². The second-order valence-corrected chi connectivity index (χ2v) is 6.12. The van der Waals surface area contributed by atoms with Crippen LogP contribution in [-0.2, 0) is 0 Å². The summed E-state index contributed by atoms with van der Waals surface area (Å²) in [5.41, 5.74) is 2.35. The standard InChI is InChI=1S/C24H15/c1-2-8-17(9-3-1)18-14-15-23-21-12-5-4-10-19(21)20-11-6-7-13-22(20)24(23)16-18/h1-15H. The van der Waals surface area contributed by atoms with E-state index in [1.807, 2.05) is 6.07 Å². The van der Waals surface area contributed by atoms with Gasteiger partial charge in [0.05, 0.1) is 0 Å². The van der Waals surface area contributed by atoms with Gasteiger partial charge in [-0.25, -0.2) is 0 Å². The van der Waals surface area contributed by atoms with Gasteiger partial charge in [-0.2, -0.15) is 0 Å². The Morgan fingerprint density at radius 3 is 1.58 bits per heavy atom. The van der Waals surface area contributed by atoms with Gasteiger partial charge in [-0.3, -0.25) is 0 Å². The van der Waals surface area contributed by atoms with E-state index in [1.165, 1.54) is 37.9 Å². The Kier molecular flexibility index (Phi) is 2.89. The molecule has 5 rings (SSSR count). The summed E-state index contributed by atoms with van der Waals surface area (Å²) in [6.45, 7) is 0. The summed E-state index contributed by atoms with van der Waals surface area (Å²) in [4.78, 5) is 0. The number of rotatable bonds is 1. The minimum Gasteiger partial charge on any atom is -0.0622 e. The van der Waals surface area contributed by atoms with Crippen molar-refractivity contribution >= 4 is 32.3 Å². The smallest absolute Gasteiger partial charge is 0.000763 e. The van der Waals surface area contributed by atoms with E-state index < -0.39 is 0 Å². The van der Waals surface area contributed by atoms with Crippen molar-refractivity contribution in [3.63, 3.8) is 0 Å². The average Bonchev–Trinajstić information content (AvgIpc) is 2.68. The van der Waals surface area contributed by atoms with E-state index in [0.29, 0.717) is 0 Å². The monoisotopic (exact) mass is 303 g/mol. The molecular weight excluding hydrogens is 288 g/mol. The first-order chi connectivity index (χ1) is 11.9. The molecular formula is C24H15. The Balaban J connectivity index is 1.96. The van der Waals surface area contributed by atoms with E-state index in [1.54, 1.807) is 0 Å². The Bertz CT molecular complexity index is 1150. The molecule has 0 aliphatic carbocycles. The summed E-state index contributed by atoms with van der Waals surface area (Å²) in [6.07, 6.45) is 0. The molecule has 0 spiro atoms. The molecule has 0 N–H and O–H groups in total. The Labute approximate surface area is 141 Å². The van der Waals surface area contributed by atoms with E-state index in [0.717, 1.165) is 5.56 Å². The zero-order valence-corrected chi connectivity index (χ0v) is 13.2. The topological polar surface area (TPSA) is 0 Å². The summed E-state index contributed by atoms with van der Waals surface area (Å²) < 4.78 is 0. The van der Waals surface area contributed by atoms with Gasteiger partial charge < -0.3 is 0 Å². The highest BCUT2D eigenvalue weighted by Gasteiger charge is 2.09. The first kappa shape index (κ1) is 13.3. The van der Waals surface area contributed by atoms with Crippen LogP contribution >= 0.6 is 0 Å². The molecule has 0 aliphatic heterocycles. The quantitative estimate of drug-likeness (QED) is 0.305. The fraction of sp³-hybridized carbons (Fsp3) is 0. The van der Waals surface area contributed by atoms with Gasteiger partial charge in [0.25, 0.3) is 0 Å². The molecule has 0 bridgehead atoms. The van der Waals surface area contributed by atoms with Gasteiger partial charge >= 0.3 is 0 Å². The highest BCUT2D eigenvalue weighted by molar-refractivity contribution is 6.25. The van der Waals surface area contributed by atoms with Crippen LogP contribution in [0.1, 0.15) is 0 Å². The van der Waals surface area contributed by atoms with Crippen molar-refractivity contribution < 1.29 is 0 Å². The third kappa shape index (κ3) is 1.93. The lowest BCUT2D eigenvalue weighted by Gasteiger charge is -2.11. The molecule has 0 aromatic heterocycles. The second-order valence-electron chi connectivity index (χ2n) is 6.12. The molecule has 0 heterocycles. The number of fused-ring (bicyclic) bond motifs is 6. The Hall–Kier alpha value is -3.12. The molecule has 1 radical (unpaired) electrons. The molecule has 24 heavy (non-hydrogen) atoms. The maximum atomic E-state index is 3.68. The lowest BCUT2D eigenvalue weighted by molar-refractivity contribution is 1.65. The summed E-state index contributed by atoms with van der Waals surface area (Å²) >= 11 is 0. The van der Waals surface area contributed by atoms with Crippen LogP contribution in [-0.4, -0.2) is 0 Å². The van der Waals surface area contributed by atoms with Crippen LogP contribution in [0.2, 0.25) is 0 Å². The highest BCUT2D eigenvalue weighted by atomic mass is 14.1. The third-order valence-corrected chi connectivity index (χ3v) is 4.73. The maximum Gasteiger partial charge on any atom is -0.000763 e. The molecule has 5 aromatic rings. The van der Waals surface area contributed by atoms with Gasteiger partial charge in [0.15, 0.2) is 0 Å². The molecule has 5 aromatic carbocycles. The second kappa shape index (κ2) is 5.21. The molecule has 0 nitrogen and oxygen atoms in total. The molecule has 0 atom stereocenters. The lowest BCUT2D eigenvalue weighted by atomic mass is 9.92. The summed E-state index contributed by atoms with van der Waals surface area (Å²) in [5.74, 6) is 0. The fourth-order valence-corrected chi connectivity index (χ4v) is 3.61. The van der Waals surface area contributed by atoms with Crippen LogP contribution in [0.4, 0.5) is 0 Å². The molecule has 111 valence electrons. The van der Waals surface area contributed by atoms with Crippen molar-refractivity contribution in [1.29, 1.82) is 0 Å². The first-order valence-corrected chi connectivity index (χ1v) is 8.23. The van der Waals surface area contributed by atoms with E-state index >= 15 is 0 Å². The molecule has 0 saturated heterocycles. The summed E-state index contributed by atoms with van der Waals surface area (Å²) in [6, 6.07) is 35.9. The number of hydrogen-bond donors (Lipinski definition) is 0. The zero-order chi connectivity index (χ0) is 15.9. The zero-order valence-electron chi connectivity index (χ0n) is 13.2. The minimum absolute atomic E-state index is 1.14. The first-order valence-electron chi connectivity index (χ1n) is 8.23. The van der Waals surface area contributed by atoms with Crippen LogP contribution in [0, 0.1) is 6.07 Å². The van der Waals surface area contributed by atoms with Gasteiger partial charge in [-0.15, -0.1) is 0 Å². The van der Waals surface area contributed by atoms with E-state index in [4.69, 9.17) is 0 Å². The largest absolute Gasteiger partial charge is 0.0622 e. The van der Waals surface area contributed by atoms with Gasteiger partial charge in [-0.05, 0) is 49.5 Å². The van der Waals surface area contributed by atoms with Crippen molar-refractivity contribution in [3.05, 3.63) is 97.1 Å². The summed E-state index contributed by atoms with van der Waals surface area (Å²) in [5, 5.41) is 7.63. The SMILES string of the molecule is [c]1c(-c2ccccc2)ccc2c1c1ccccc1c1ccccc21. The maximum absolute atomic E-state index is 3.68. The van der Waals surface area contributed by atoms with Crippen molar-refractivity contribution in [3.8, 4) is 11.1 Å². The normalized spacial score (nSPS) is 11.3. The molecule has 0 unspecified atom stereocenters. The highest BCUT2D eigenvalue weighted by Crippen LogP contribution is 2.36. The van der Waals surface area contributed by atoms with Crippen molar-refractivity contribution in [2.75, 3.05) is 0 Å². The molecule has 0 saturated carbocycles. The van der Waals surface area contributed by atoms with Crippen LogP contribution in [0.15, 0.2) is 91.0 Å². The molecule has 0 fully saturated rings. The fourth-order valence-electron chi connectivity index (χ4n) is 3.61.